The van der Waals surface area contributed by atoms with Crippen LogP contribution in [0.2, 0.25) is 0 Å². The third-order valence-electron chi connectivity index (χ3n) is 9.72. The molecule has 0 atom stereocenters. The third kappa shape index (κ3) is 6.60. The van der Waals surface area contributed by atoms with Crippen molar-refractivity contribution in [1.82, 2.24) is 10.2 Å². The summed E-state index contributed by atoms with van der Waals surface area (Å²) in [5.74, 6) is 0.986. The minimum atomic E-state index is 0.490. The molecule has 0 radical (unpaired) electrons. The van der Waals surface area contributed by atoms with Gasteiger partial charge in [0.1, 0.15) is 0 Å². The number of para-hydroxylation sites is 2. The second-order valence-electron chi connectivity index (χ2n) is 13.1. The van der Waals surface area contributed by atoms with Crippen molar-refractivity contribution in [1.29, 1.82) is 0 Å². The van der Waals surface area contributed by atoms with Crippen LogP contribution in [0.5, 0.6) is 0 Å². The van der Waals surface area contributed by atoms with E-state index < -0.39 is 0 Å². The zero-order valence-electron chi connectivity index (χ0n) is 29.5. The van der Waals surface area contributed by atoms with Crippen LogP contribution < -0.4 is 4.90 Å². The van der Waals surface area contributed by atoms with Gasteiger partial charge < -0.3 is 9.32 Å². The summed E-state index contributed by atoms with van der Waals surface area (Å²) in [6.45, 7) is 0. The van der Waals surface area contributed by atoms with Gasteiger partial charge >= 0.3 is 0 Å². The van der Waals surface area contributed by atoms with Gasteiger partial charge in [0.15, 0.2) is 0 Å². The summed E-state index contributed by atoms with van der Waals surface area (Å²) in [6.07, 6.45) is 0. The molecule has 0 aliphatic heterocycles. The molecular formula is C50H35N3O. The quantitative estimate of drug-likeness (QED) is 0.151. The van der Waals surface area contributed by atoms with Crippen LogP contribution in [0.25, 0.3) is 67.4 Å². The maximum absolute atomic E-state index is 6.15. The molecule has 0 saturated carbocycles. The van der Waals surface area contributed by atoms with Gasteiger partial charge in [-0.15, -0.1) is 10.2 Å². The van der Waals surface area contributed by atoms with E-state index in [2.05, 4.69) is 197 Å². The van der Waals surface area contributed by atoms with Crippen LogP contribution >= 0.6 is 0 Å². The fraction of sp³-hybridized carbons (Fsp3) is 0. The lowest BCUT2D eigenvalue weighted by molar-refractivity contribution is 0.584. The van der Waals surface area contributed by atoms with Crippen molar-refractivity contribution in [2.45, 2.75) is 0 Å². The van der Waals surface area contributed by atoms with Crippen molar-refractivity contribution in [3.63, 3.8) is 0 Å². The van der Waals surface area contributed by atoms with E-state index in [1.165, 1.54) is 22.3 Å². The lowest BCUT2D eigenvalue weighted by atomic mass is 9.89. The Labute approximate surface area is 315 Å². The molecule has 54 heavy (non-hydrogen) atoms. The molecule has 1 aromatic heterocycles. The van der Waals surface area contributed by atoms with Gasteiger partial charge in [0.25, 0.3) is 0 Å². The molecule has 0 amide bonds. The summed E-state index contributed by atoms with van der Waals surface area (Å²) >= 11 is 0. The largest absolute Gasteiger partial charge is 0.416 e. The van der Waals surface area contributed by atoms with Gasteiger partial charge in [0, 0.05) is 28.2 Å². The summed E-state index contributed by atoms with van der Waals surface area (Å²) in [5.41, 5.74) is 14.3. The molecule has 0 aliphatic carbocycles. The summed E-state index contributed by atoms with van der Waals surface area (Å²) in [4.78, 5) is 2.28. The Kier molecular flexibility index (Phi) is 8.90. The van der Waals surface area contributed by atoms with Crippen molar-refractivity contribution < 1.29 is 4.42 Å². The molecule has 0 bridgehead atoms. The fourth-order valence-corrected chi connectivity index (χ4v) is 7.02. The Bertz CT molecular complexity index is 2580. The highest BCUT2D eigenvalue weighted by atomic mass is 16.4. The number of nitrogens with zero attached hydrogens (tertiary/aromatic N) is 3. The smallest absolute Gasteiger partial charge is 0.248 e. The van der Waals surface area contributed by atoms with E-state index in [-0.39, 0.29) is 0 Å². The van der Waals surface area contributed by atoms with Crippen molar-refractivity contribution in [2.24, 2.45) is 0 Å². The summed E-state index contributed by atoms with van der Waals surface area (Å²) in [6, 6.07) is 74.0. The van der Waals surface area contributed by atoms with Crippen LogP contribution in [0.3, 0.4) is 0 Å². The highest BCUT2D eigenvalue weighted by Crippen LogP contribution is 2.40. The van der Waals surface area contributed by atoms with Crippen LogP contribution in [0, 0.1) is 0 Å². The molecule has 1 heterocycles. The van der Waals surface area contributed by atoms with Crippen molar-refractivity contribution in [2.75, 3.05) is 4.90 Å². The topological polar surface area (TPSA) is 42.2 Å². The minimum Gasteiger partial charge on any atom is -0.416 e. The summed E-state index contributed by atoms with van der Waals surface area (Å²) in [5, 5.41) is 8.75. The van der Waals surface area contributed by atoms with Gasteiger partial charge in [0.05, 0.1) is 0 Å². The number of anilines is 3. The molecule has 0 unspecified atom stereocenters. The Morgan fingerprint density at radius 2 is 0.574 bits per heavy atom. The van der Waals surface area contributed by atoms with Crippen LogP contribution in [-0.2, 0) is 0 Å². The molecule has 0 aliphatic rings. The lowest BCUT2D eigenvalue weighted by Gasteiger charge is -2.25. The molecule has 0 saturated heterocycles. The first-order valence-corrected chi connectivity index (χ1v) is 18.1. The Hall–Kier alpha value is -7.30. The number of aromatic nitrogens is 2. The molecular weight excluding hydrogens is 659 g/mol. The van der Waals surface area contributed by atoms with Crippen LogP contribution in [-0.4, -0.2) is 10.2 Å². The molecule has 9 rings (SSSR count). The maximum Gasteiger partial charge on any atom is 0.248 e. The second-order valence-corrected chi connectivity index (χ2v) is 13.1. The van der Waals surface area contributed by atoms with Crippen molar-refractivity contribution in [3.05, 3.63) is 212 Å². The first-order valence-electron chi connectivity index (χ1n) is 18.1. The third-order valence-corrected chi connectivity index (χ3v) is 9.72. The first-order chi connectivity index (χ1) is 26.8. The number of rotatable bonds is 9. The van der Waals surface area contributed by atoms with Gasteiger partial charge in [0.2, 0.25) is 11.8 Å². The average molecular weight is 694 g/mol. The molecule has 8 aromatic carbocycles. The second kappa shape index (κ2) is 14.7. The van der Waals surface area contributed by atoms with Gasteiger partial charge in [-0.05, 0) is 105 Å². The minimum absolute atomic E-state index is 0.490. The van der Waals surface area contributed by atoms with Crippen LogP contribution in [0.4, 0.5) is 17.1 Å². The van der Waals surface area contributed by atoms with Gasteiger partial charge in [-0.25, -0.2) is 0 Å². The van der Waals surface area contributed by atoms with E-state index in [4.69, 9.17) is 4.42 Å². The molecule has 0 spiro atoms. The molecule has 0 fully saturated rings. The van der Waals surface area contributed by atoms with Crippen LogP contribution in [0.1, 0.15) is 0 Å². The highest BCUT2D eigenvalue weighted by molar-refractivity contribution is 5.92. The Morgan fingerprint density at radius 1 is 0.259 bits per heavy atom. The molecule has 0 N–H and O–H groups in total. The number of hydrogen-bond donors (Lipinski definition) is 0. The number of benzene rings is 8. The first kappa shape index (κ1) is 32.6. The van der Waals surface area contributed by atoms with Gasteiger partial charge in [-0.3, -0.25) is 0 Å². The predicted molar refractivity (Wildman–Crippen MR) is 222 cm³/mol. The Balaban J connectivity index is 0.989. The zero-order chi connectivity index (χ0) is 36.1. The maximum atomic E-state index is 6.15. The predicted octanol–water partition coefficient (Wildman–Crippen LogP) is 13.5. The normalized spacial score (nSPS) is 11.0. The van der Waals surface area contributed by atoms with Gasteiger partial charge in [-0.2, -0.15) is 0 Å². The zero-order valence-corrected chi connectivity index (χ0v) is 29.5. The van der Waals surface area contributed by atoms with Crippen molar-refractivity contribution >= 4 is 17.1 Å². The van der Waals surface area contributed by atoms with E-state index in [0.717, 1.165) is 50.4 Å². The van der Waals surface area contributed by atoms with Crippen molar-refractivity contribution in [3.8, 4) is 67.4 Å². The SMILES string of the molecule is c1ccc(-c2ccc(-c3nnc(-c4ccc(-c5ccccc5-c5ccccc5-c5ccc(N(c6ccccc6)c6ccccc6)cc5)cc4)o3)cc2)cc1. The van der Waals surface area contributed by atoms with E-state index in [1.807, 2.05) is 30.3 Å². The standard InChI is InChI=1S/C50H35N3O/c1-4-14-36(15-5-1)37-24-28-40(29-25-37)49-51-52-50(54-49)41-30-26-38(27-31-41)45-20-10-12-22-47(45)48-23-13-11-21-46(48)39-32-34-44(35-33-39)53(42-16-6-2-7-17-42)43-18-8-3-9-19-43/h1-35H. The molecule has 4 heteroatoms. The molecule has 4 nitrogen and oxygen atoms in total. The Morgan fingerprint density at radius 3 is 1.04 bits per heavy atom. The van der Waals surface area contributed by atoms with Gasteiger partial charge in [-0.1, -0.05) is 152 Å². The van der Waals surface area contributed by atoms with Crippen LogP contribution in [0.15, 0.2) is 217 Å². The highest BCUT2D eigenvalue weighted by Gasteiger charge is 2.16. The van der Waals surface area contributed by atoms with E-state index in [9.17, 15) is 0 Å². The monoisotopic (exact) mass is 693 g/mol. The average Bonchev–Trinajstić information content (AvgIpc) is 3.76. The van der Waals surface area contributed by atoms with E-state index in [1.54, 1.807) is 0 Å². The number of hydrogen-bond acceptors (Lipinski definition) is 4. The molecule has 9 aromatic rings. The molecule has 256 valence electrons. The lowest BCUT2D eigenvalue weighted by Crippen LogP contribution is -2.09. The summed E-state index contributed by atoms with van der Waals surface area (Å²) < 4.78 is 6.15. The summed E-state index contributed by atoms with van der Waals surface area (Å²) in [7, 11) is 0. The van der Waals surface area contributed by atoms with E-state index in [0.29, 0.717) is 11.8 Å². The van der Waals surface area contributed by atoms with E-state index >= 15 is 0 Å². The fourth-order valence-electron chi connectivity index (χ4n) is 7.02.